The average molecular weight is 407 g/mol. The molecule has 4 rings (SSSR count). The van der Waals surface area contributed by atoms with E-state index >= 15 is 0 Å². The Morgan fingerprint density at radius 3 is 2.61 bits per heavy atom. The molecule has 0 aliphatic carbocycles. The largest absolute Gasteiger partial charge is 0.399 e. The van der Waals surface area contributed by atoms with Crippen molar-refractivity contribution in [3.05, 3.63) is 76.1 Å². The van der Waals surface area contributed by atoms with Gasteiger partial charge < -0.3 is 5.73 Å². The second-order valence-corrected chi connectivity index (χ2v) is 8.14. The number of benzene rings is 2. The number of carbonyl (C=O) groups excluding carboxylic acids is 1. The lowest BCUT2D eigenvalue weighted by atomic mass is 10.1. The number of allylic oxidation sites excluding steroid dienone is 1. The molecule has 0 atom stereocenters. The summed E-state index contributed by atoms with van der Waals surface area (Å²) in [5.41, 5.74) is 10.1. The lowest BCUT2D eigenvalue weighted by Crippen LogP contribution is -2.28. The fraction of sp³-hybridized carbons (Fsp3) is 0.0952. The normalized spacial score (nSPS) is 17.4. The fourth-order valence-corrected chi connectivity index (χ4v) is 4.63. The minimum Gasteiger partial charge on any atom is -0.399 e. The van der Waals surface area contributed by atoms with Gasteiger partial charge in [0.25, 0.3) is 5.91 Å². The van der Waals surface area contributed by atoms with Crippen molar-refractivity contribution in [1.29, 1.82) is 0 Å². The Labute approximate surface area is 171 Å². The Balaban J connectivity index is 1.82. The van der Waals surface area contributed by atoms with E-state index in [1.165, 1.54) is 23.1 Å². The maximum Gasteiger partial charge on any atom is 0.271 e. The van der Waals surface area contributed by atoms with Gasteiger partial charge in [0.2, 0.25) is 5.13 Å². The zero-order valence-electron chi connectivity index (χ0n) is 15.4. The second-order valence-electron chi connectivity index (χ2n) is 6.32. The van der Waals surface area contributed by atoms with Gasteiger partial charge in [-0.2, -0.15) is 4.99 Å². The molecule has 0 bridgehead atoms. The molecule has 1 amide bonds. The van der Waals surface area contributed by atoms with E-state index in [2.05, 4.69) is 9.98 Å². The van der Waals surface area contributed by atoms with Crippen LogP contribution in [0, 0.1) is 6.92 Å². The third-order valence-corrected chi connectivity index (χ3v) is 6.25. The van der Waals surface area contributed by atoms with Crippen LogP contribution in [0.5, 0.6) is 0 Å². The van der Waals surface area contributed by atoms with Gasteiger partial charge >= 0.3 is 0 Å². The number of nitrogens with zero attached hydrogens (tertiary/aromatic N) is 3. The van der Waals surface area contributed by atoms with E-state index in [9.17, 15) is 4.79 Å². The number of rotatable bonds is 3. The van der Waals surface area contributed by atoms with Crippen LogP contribution in [0.15, 0.2) is 69.9 Å². The minimum atomic E-state index is -0.0943. The first kappa shape index (κ1) is 18.5. The van der Waals surface area contributed by atoms with Crippen molar-refractivity contribution in [3.8, 4) is 0 Å². The highest BCUT2D eigenvalue weighted by atomic mass is 32.2. The van der Waals surface area contributed by atoms with Gasteiger partial charge in [-0.3, -0.25) is 9.69 Å². The Morgan fingerprint density at radius 2 is 1.93 bits per heavy atom. The number of aromatic nitrogens is 1. The third-order valence-electron chi connectivity index (χ3n) is 4.25. The van der Waals surface area contributed by atoms with Gasteiger partial charge in [-0.05, 0) is 61.0 Å². The standard InChI is InChI=1S/C21H18N4OS2/c1-13-12-27-20(23-13)24-21-25(17-9-4-3-5-10-17)19(26)18(28-21)14(2)15-7-6-8-16(22)11-15/h3-12H,22H2,1-2H3/b18-14-,24-21+. The summed E-state index contributed by atoms with van der Waals surface area (Å²) in [6.07, 6.45) is 0. The van der Waals surface area contributed by atoms with Gasteiger partial charge in [0.1, 0.15) is 0 Å². The Kier molecular flexibility index (Phi) is 5.02. The van der Waals surface area contributed by atoms with Gasteiger partial charge in [0.05, 0.1) is 16.3 Å². The van der Waals surface area contributed by atoms with Crippen LogP contribution >= 0.6 is 23.1 Å². The van der Waals surface area contributed by atoms with Gasteiger partial charge in [-0.25, -0.2) is 4.98 Å². The summed E-state index contributed by atoms with van der Waals surface area (Å²) >= 11 is 2.83. The maximum atomic E-state index is 13.3. The van der Waals surface area contributed by atoms with E-state index < -0.39 is 0 Å². The van der Waals surface area contributed by atoms with Crippen molar-refractivity contribution in [2.75, 3.05) is 10.6 Å². The van der Waals surface area contributed by atoms with Crippen LogP contribution in [-0.4, -0.2) is 16.1 Å². The molecule has 28 heavy (non-hydrogen) atoms. The number of aryl methyl sites for hydroxylation is 1. The number of hydrogen-bond donors (Lipinski definition) is 1. The molecule has 0 spiro atoms. The smallest absolute Gasteiger partial charge is 0.271 e. The molecular weight excluding hydrogens is 388 g/mol. The van der Waals surface area contributed by atoms with Crippen molar-refractivity contribution in [1.82, 2.24) is 4.98 Å². The predicted molar refractivity (Wildman–Crippen MR) is 119 cm³/mol. The van der Waals surface area contributed by atoms with Crippen LogP contribution in [0.3, 0.4) is 0 Å². The van der Waals surface area contributed by atoms with Crippen molar-refractivity contribution in [2.45, 2.75) is 13.8 Å². The number of nitrogen functional groups attached to an aromatic ring is 1. The summed E-state index contributed by atoms with van der Waals surface area (Å²) in [6.45, 7) is 3.87. The molecule has 7 heteroatoms. The molecule has 140 valence electrons. The van der Waals surface area contributed by atoms with Gasteiger partial charge in [-0.1, -0.05) is 30.3 Å². The predicted octanol–water partition coefficient (Wildman–Crippen LogP) is 5.23. The molecule has 1 fully saturated rings. The summed E-state index contributed by atoms with van der Waals surface area (Å²) in [6, 6.07) is 17.1. The molecule has 0 saturated carbocycles. The number of thiazole rings is 1. The number of anilines is 2. The molecule has 1 aliphatic rings. The molecule has 0 radical (unpaired) electrons. The molecule has 2 heterocycles. The van der Waals surface area contributed by atoms with E-state index in [0.29, 0.717) is 20.9 Å². The zero-order chi connectivity index (χ0) is 19.7. The highest BCUT2D eigenvalue weighted by Crippen LogP contribution is 2.40. The lowest BCUT2D eigenvalue weighted by Gasteiger charge is -2.15. The monoisotopic (exact) mass is 406 g/mol. The quantitative estimate of drug-likeness (QED) is 0.477. The third kappa shape index (κ3) is 3.58. The molecular formula is C21H18N4OS2. The summed E-state index contributed by atoms with van der Waals surface area (Å²) in [7, 11) is 0. The number of aliphatic imine (C=N–C) groups is 1. The van der Waals surface area contributed by atoms with Crippen LogP contribution in [0.4, 0.5) is 16.5 Å². The number of nitrogens with two attached hydrogens (primary N) is 1. The molecule has 2 aromatic carbocycles. The number of para-hydroxylation sites is 1. The van der Waals surface area contributed by atoms with Crippen LogP contribution in [-0.2, 0) is 4.79 Å². The summed E-state index contributed by atoms with van der Waals surface area (Å²) < 4.78 is 0. The molecule has 1 aromatic heterocycles. The molecule has 0 unspecified atom stereocenters. The summed E-state index contributed by atoms with van der Waals surface area (Å²) in [5, 5.41) is 3.18. The molecule has 1 saturated heterocycles. The number of carbonyl (C=O) groups is 1. The summed E-state index contributed by atoms with van der Waals surface area (Å²) in [5.74, 6) is -0.0943. The van der Waals surface area contributed by atoms with Gasteiger partial charge in [-0.15, -0.1) is 11.3 Å². The first-order valence-electron chi connectivity index (χ1n) is 8.68. The highest BCUT2D eigenvalue weighted by molar-refractivity contribution is 8.19. The summed E-state index contributed by atoms with van der Waals surface area (Å²) in [4.78, 5) is 24.7. The van der Waals surface area contributed by atoms with E-state index in [1.54, 1.807) is 4.90 Å². The van der Waals surface area contributed by atoms with Crippen LogP contribution in [0.1, 0.15) is 18.2 Å². The number of amidine groups is 1. The van der Waals surface area contributed by atoms with Gasteiger partial charge in [0, 0.05) is 11.1 Å². The fourth-order valence-electron chi connectivity index (χ4n) is 2.86. The van der Waals surface area contributed by atoms with Gasteiger partial charge in [0.15, 0.2) is 5.17 Å². The zero-order valence-corrected chi connectivity index (χ0v) is 17.1. The maximum absolute atomic E-state index is 13.3. The molecule has 5 nitrogen and oxygen atoms in total. The van der Waals surface area contributed by atoms with Crippen LogP contribution in [0.25, 0.3) is 5.57 Å². The second kappa shape index (κ2) is 7.61. The Bertz CT molecular complexity index is 1100. The van der Waals surface area contributed by atoms with E-state index in [0.717, 1.165) is 22.5 Å². The van der Waals surface area contributed by atoms with Crippen molar-refractivity contribution < 1.29 is 4.79 Å². The molecule has 1 aliphatic heterocycles. The first-order valence-corrected chi connectivity index (χ1v) is 10.4. The number of amides is 1. The average Bonchev–Trinajstić information content (AvgIpc) is 3.25. The molecule has 2 N–H and O–H groups in total. The van der Waals surface area contributed by atoms with Crippen molar-refractivity contribution >= 4 is 56.3 Å². The topological polar surface area (TPSA) is 71.6 Å². The SMILES string of the molecule is C/C(=C1/S/C(=N/c2nc(C)cs2)N(c2ccccc2)C1=O)c1cccc(N)c1. The molecule has 3 aromatic rings. The van der Waals surface area contributed by atoms with E-state index in [-0.39, 0.29) is 5.91 Å². The van der Waals surface area contributed by atoms with Crippen LogP contribution < -0.4 is 10.6 Å². The van der Waals surface area contributed by atoms with Crippen molar-refractivity contribution in [2.24, 2.45) is 4.99 Å². The minimum absolute atomic E-state index is 0.0943. The number of thioether (sulfide) groups is 1. The Morgan fingerprint density at radius 1 is 1.14 bits per heavy atom. The lowest BCUT2D eigenvalue weighted by molar-refractivity contribution is -0.113. The first-order chi connectivity index (χ1) is 13.5. The Hall–Kier alpha value is -2.90. The highest BCUT2D eigenvalue weighted by Gasteiger charge is 2.36. The van der Waals surface area contributed by atoms with E-state index in [4.69, 9.17) is 5.73 Å². The van der Waals surface area contributed by atoms with E-state index in [1.807, 2.05) is 73.8 Å². The number of hydrogen-bond acceptors (Lipinski definition) is 6. The van der Waals surface area contributed by atoms with Crippen molar-refractivity contribution in [3.63, 3.8) is 0 Å². The van der Waals surface area contributed by atoms with Crippen LogP contribution in [0.2, 0.25) is 0 Å².